The lowest BCUT2D eigenvalue weighted by Gasteiger charge is -2.12. The fraction of sp³-hybridized carbons (Fsp3) is 0.294. The highest BCUT2D eigenvalue weighted by Gasteiger charge is 2.09. The van der Waals surface area contributed by atoms with Crippen LogP contribution in [0.5, 0.6) is 0 Å². The molecule has 0 saturated carbocycles. The fourth-order valence-corrected chi connectivity index (χ4v) is 2.40. The molecule has 0 saturated heterocycles. The lowest BCUT2D eigenvalue weighted by molar-refractivity contribution is -0.111. The van der Waals surface area contributed by atoms with E-state index in [-0.39, 0.29) is 12.0 Å². The van der Waals surface area contributed by atoms with Crippen molar-refractivity contribution in [3.63, 3.8) is 0 Å². The minimum absolute atomic E-state index is 0.0800. The van der Waals surface area contributed by atoms with Crippen molar-refractivity contribution in [1.29, 1.82) is 0 Å². The first kappa shape index (κ1) is 15.5. The molecule has 0 aliphatic carbocycles. The van der Waals surface area contributed by atoms with Gasteiger partial charge in [0.1, 0.15) is 0 Å². The number of nitrogens with zero attached hydrogens (tertiary/aromatic N) is 1. The molecule has 2 aromatic rings. The summed E-state index contributed by atoms with van der Waals surface area (Å²) in [6.45, 7) is 4.11. The molecule has 4 heteroatoms. The Hall–Kier alpha value is -1.87. The highest BCUT2D eigenvalue weighted by molar-refractivity contribution is 6.63. The number of halogens is 1. The third-order valence-corrected chi connectivity index (χ3v) is 3.97. The third kappa shape index (κ3) is 3.42. The van der Waals surface area contributed by atoms with Crippen molar-refractivity contribution in [2.24, 2.45) is 7.05 Å². The molecule has 1 heterocycles. The lowest BCUT2D eigenvalue weighted by Crippen LogP contribution is -2.22. The van der Waals surface area contributed by atoms with Gasteiger partial charge >= 0.3 is 0 Å². The van der Waals surface area contributed by atoms with Crippen LogP contribution >= 0.6 is 11.6 Å². The van der Waals surface area contributed by atoms with Crippen LogP contribution in [-0.4, -0.2) is 9.81 Å². The second-order valence-electron chi connectivity index (χ2n) is 5.26. The maximum atomic E-state index is 12.3. The number of carbonyl (C=O) groups is 1. The van der Waals surface area contributed by atoms with Gasteiger partial charge in [-0.1, -0.05) is 18.2 Å². The molecule has 3 nitrogen and oxygen atoms in total. The molecule has 0 aliphatic heterocycles. The van der Waals surface area contributed by atoms with E-state index in [1.54, 1.807) is 17.7 Å². The zero-order valence-corrected chi connectivity index (χ0v) is 13.2. The zero-order valence-electron chi connectivity index (χ0n) is 12.4. The minimum Gasteiger partial charge on any atom is -0.311 e. The lowest BCUT2D eigenvalue weighted by atomic mass is 10.0. The summed E-state index contributed by atoms with van der Waals surface area (Å²) in [7, 11) is 1.75. The molecule has 0 bridgehead atoms. The first-order valence-corrected chi connectivity index (χ1v) is 7.23. The first-order chi connectivity index (χ1) is 9.90. The number of hydrogen-bond donors (Lipinski definition) is 0. The van der Waals surface area contributed by atoms with Crippen LogP contribution in [0, 0.1) is 13.8 Å². The Morgan fingerprint density at radius 1 is 1.14 bits per heavy atom. The maximum Gasteiger partial charge on any atom is 0.253 e. The quantitative estimate of drug-likeness (QED) is 0.812. The smallest absolute Gasteiger partial charge is 0.253 e. The summed E-state index contributed by atoms with van der Waals surface area (Å²) in [5.74, 6) is 0. The number of pyridine rings is 1. The number of benzene rings is 1. The molecule has 0 amide bonds. The van der Waals surface area contributed by atoms with Gasteiger partial charge in [0.25, 0.3) is 5.56 Å². The van der Waals surface area contributed by atoms with Crippen molar-refractivity contribution in [2.45, 2.75) is 26.7 Å². The summed E-state index contributed by atoms with van der Waals surface area (Å²) in [6.07, 6.45) is 0.558. The molecule has 21 heavy (non-hydrogen) atoms. The average molecular weight is 304 g/mol. The minimum atomic E-state index is -0.421. The summed E-state index contributed by atoms with van der Waals surface area (Å²) in [6, 6.07) is 9.84. The van der Waals surface area contributed by atoms with E-state index in [0.717, 1.165) is 11.3 Å². The van der Waals surface area contributed by atoms with Crippen LogP contribution in [0.15, 0.2) is 35.1 Å². The summed E-state index contributed by atoms with van der Waals surface area (Å²) in [5.41, 5.74) is 4.82. The average Bonchev–Trinajstić information content (AvgIpc) is 2.43. The predicted octanol–water partition coefficient (Wildman–Crippen LogP) is 3.37. The van der Waals surface area contributed by atoms with Crippen LogP contribution in [-0.2, 0) is 18.3 Å². The van der Waals surface area contributed by atoms with Gasteiger partial charge in [0.15, 0.2) is 0 Å². The van der Waals surface area contributed by atoms with Crippen LogP contribution in [0.3, 0.4) is 0 Å². The van der Waals surface area contributed by atoms with E-state index in [9.17, 15) is 9.59 Å². The largest absolute Gasteiger partial charge is 0.311 e. The predicted molar refractivity (Wildman–Crippen MR) is 85.8 cm³/mol. The van der Waals surface area contributed by atoms with Gasteiger partial charge in [-0.15, -0.1) is 0 Å². The molecule has 1 aromatic heterocycles. The van der Waals surface area contributed by atoms with E-state index in [4.69, 9.17) is 11.6 Å². The van der Waals surface area contributed by atoms with Gasteiger partial charge in [-0.3, -0.25) is 9.59 Å². The van der Waals surface area contributed by atoms with Crippen molar-refractivity contribution < 1.29 is 4.79 Å². The second kappa shape index (κ2) is 6.27. The van der Waals surface area contributed by atoms with E-state index in [1.807, 2.05) is 12.1 Å². The Labute approximate surface area is 129 Å². The zero-order chi connectivity index (χ0) is 15.6. The summed E-state index contributed by atoms with van der Waals surface area (Å²) < 4.78 is 1.62. The maximum absolute atomic E-state index is 12.3. The number of rotatable bonds is 4. The van der Waals surface area contributed by atoms with Crippen molar-refractivity contribution in [3.8, 4) is 11.3 Å². The fourth-order valence-electron chi connectivity index (χ4n) is 2.30. The Morgan fingerprint density at radius 3 is 2.48 bits per heavy atom. The molecule has 0 spiro atoms. The number of aromatic nitrogens is 1. The van der Waals surface area contributed by atoms with Crippen LogP contribution in [0.2, 0.25) is 0 Å². The van der Waals surface area contributed by atoms with Gasteiger partial charge in [0.05, 0.1) is 5.69 Å². The van der Waals surface area contributed by atoms with Gasteiger partial charge in [-0.25, -0.2) is 0 Å². The molecule has 110 valence electrons. The Morgan fingerprint density at radius 2 is 1.86 bits per heavy atom. The molecule has 0 N–H and O–H groups in total. The summed E-state index contributed by atoms with van der Waals surface area (Å²) in [4.78, 5) is 23.2. The normalized spacial score (nSPS) is 10.7. The summed E-state index contributed by atoms with van der Waals surface area (Å²) in [5, 5.41) is -0.421. The van der Waals surface area contributed by atoms with Gasteiger partial charge in [0, 0.05) is 19.0 Å². The Kier molecular flexibility index (Phi) is 4.63. The molecular formula is C17H18ClNO2. The van der Waals surface area contributed by atoms with Crippen LogP contribution in [0.1, 0.15) is 23.1 Å². The standard InChI is InChI=1S/C17H18ClNO2/c1-11-4-5-14(10-12(11)2)15-8-6-13(7-9-16(18)20)17(21)19(15)3/h4-6,8,10H,7,9H2,1-3H3. The third-order valence-electron chi connectivity index (χ3n) is 3.78. The Balaban J connectivity index is 2.42. The van der Waals surface area contributed by atoms with Crippen LogP contribution < -0.4 is 5.56 Å². The monoisotopic (exact) mass is 303 g/mol. The molecule has 0 atom stereocenters. The van der Waals surface area contributed by atoms with Crippen LogP contribution in [0.4, 0.5) is 0 Å². The molecule has 0 radical (unpaired) electrons. The first-order valence-electron chi connectivity index (χ1n) is 6.85. The molecule has 1 aromatic carbocycles. The number of aryl methyl sites for hydroxylation is 3. The van der Waals surface area contributed by atoms with Crippen molar-refractivity contribution in [2.75, 3.05) is 0 Å². The Bertz CT molecular complexity index is 747. The van der Waals surface area contributed by atoms with Crippen LogP contribution in [0.25, 0.3) is 11.3 Å². The van der Waals surface area contributed by atoms with Gasteiger partial charge in [0.2, 0.25) is 5.24 Å². The molecule has 0 aliphatic rings. The van der Waals surface area contributed by atoms with E-state index in [1.165, 1.54) is 11.1 Å². The van der Waals surface area contributed by atoms with Gasteiger partial charge in [-0.2, -0.15) is 0 Å². The van der Waals surface area contributed by atoms with E-state index >= 15 is 0 Å². The number of hydrogen-bond acceptors (Lipinski definition) is 2. The van der Waals surface area contributed by atoms with Crippen molar-refractivity contribution in [3.05, 3.63) is 57.4 Å². The topological polar surface area (TPSA) is 39.1 Å². The van der Waals surface area contributed by atoms with Crippen molar-refractivity contribution in [1.82, 2.24) is 4.57 Å². The van der Waals surface area contributed by atoms with E-state index in [0.29, 0.717) is 12.0 Å². The molecule has 0 fully saturated rings. The molecular weight excluding hydrogens is 286 g/mol. The van der Waals surface area contributed by atoms with Gasteiger partial charge < -0.3 is 4.57 Å². The SMILES string of the molecule is Cc1ccc(-c2ccc(CCC(=O)Cl)c(=O)n2C)cc1C. The number of carbonyl (C=O) groups excluding carboxylic acids is 1. The highest BCUT2D eigenvalue weighted by atomic mass is 35.5. The molecule has 0 unspecified atom stereocenters. The van der Waals surface area contributed by atoms with Gasteiger partial charge in [-0.05, 0) is 60.7 Å². The van der Waals surface area contributed by atoms with Crippen molar-refractivity contribution >= 4 is 16.8 Å². The van der Waals surface area contributed by atoms with E-state index in [2.05, 4.69) is 26.0 Å². The molecule has 2 rings (SSSR count). The van der Waals surface area contributed by atoms with E-state index < -0.39 is 5.24 Å². The second-order valence-corrected chi connectivity index (χ2v) is 5.68. The highest BCUT2D eigenvalue weighted by Crippen LogP contribution is 2.21. The summed E-state index contributed by atoms with van der Waals surface area (Å²) >= 11 is 5.33.